The molecule has 0 atom stereocenters. The minimum atomic E-state index is -0.812. The van der Waals surface area contributed by atoms with Crippen LogP contribution in [0.1, 0.15) is 20.7 Å². The minimum Gasteiger partial charge on any atom is -0.461 e. The van der Waals surface area contributed by atoms with Crippen molar-refractivity contribution in [1.29, 1.82) is 0 Å². The van der Waals surface area contributed by atoms with Gasteiger partial charge in [0.25, 0.3) is 0 Å². The lowest BCUT2D eigenvalue weighted by atomic mass is 9.98. The zero-order valence-corrected chi connectivity index (χ0v) is 28.6. The fraction of sp³-hybridized carbons (Fsp3) is 0.556. The van der Waals surface area contributed by atoms with Gasteiger partial charge in [-0.25, -0.2) is 9.59 Å². The van der Waals surface area contributed by atoms with Crippen LogP contribution in [0.3, 0.4) is 0 Å². The molecule has 0 aliphatic heterocycles. The highest BCUT2D eigenvalue weighted by molar-refractivity contribution is 9.10. The van der Waals surface area contributed by atoms with Crippen molar-refractivity contribution < 1.29 is 19.1 Å². The second-order valence-corrected chi connectivity index (χ2v) is 11.8. The number of carbonyl (C=O) groups is 2. The van der Waals surface area contributed by atoms with Crippen LogP contribution in [-0.2, 0) is 9.47 Å². The van der Waals surface area contributed by atoms with Crippen LogP contribution < -0.4 is 0 Å². The summed E-state index contributed by atoms with van der Waals surface area (Å²) in [6.07, 6.45) is 0. The van der Waals surface area contributed by atoms with Crippen molar-refractivity contribution >= 4 is 154 Å². The average molecular weight is 918 g/mol. The summed E-state index contributed by atoms with van der Waals surface area (Å²) >= 11 is 45.7. The van der Waals surface area contributed by atoms with Gasteiger partial charge in [-0.2, -0.15) is 0 Å². The zero-order chi connectivity index (χ0) is 24.7. The van der Waals surface area contributed by atoms with E-state index in [1.54, 1.807) is 0 Å². The van der Waals surface area contributed by atoms with Gasteiger partial charge < -0.3 is 9.47 Å². The Balaban J connectivity index is 3.23. The van der Waals surface area contributed by atoms with Crippen LogP contribution >= 0.6 is 142 Å². The Morgan fingerprint density at radius 2 is 0.781 bits per heavy atom. The van der Waals surface area contributed by atoms with Gasteiger partial charge in [0.2, 0.25) is 0 Å². The third-order valence-corrected chi connectivity index (χ3v) is 13.2. The fourth-order valence-corrected chi connectivity index (χ4v) is 9.72. The maximum absolute atomic E-state index is 12.8. The van der Waals surface area contributed by atoms with Gasteiger partial charge in [0, 0.05) is 42.8 Å². The minimum absolute atomic E-state index is 0.0625. The van der Waals surface area contributed by atoms with Crippen molar-refractivity contribution in [3.05, 3.63) is 31.2 Å². The Morgan fingerprint density at radius 3 is 0.969 bits per heavy atom. The van der Waals surface area contributed by atoms with Crippen LogP contribution in [0.25, 0.3) is 0 Å². The van der Waals surface area contributed by atoms with Crippen LogP contribution in [0, 0.1) is 10.8 Å². The van der Waals surface area contributed by atoms with Crippen molar-refractivity contribution in [3.63, 3.8) is 0 Å². The number of ether oxygens (including phenoxy) is 2. The molecule has 0 heterocycles. The Bertz CT molecular complexity index is 722. The van der Waals surface area contributed by atoms with Crippen molar-refractivity contribution in [1.82, 2.24) is 0 Å². The van der Waals surface area contributed by atoms with Crippen molar-refractivity contribution in [2.45, 2.75) is 0 Å². The molecule has 0 aromatic heterocycles. The van der Waals surface area contributed by atoms with Gasteiger partial charge in [-0.15, -0.1) is 0 Å². The van der Waals surface area contributed by atoms with E-state index >= 15 is 0 Å². The number of rotatable bonds is 12. The normalized spacial score (nSPS) is 12.1. The fourth-order valence-electron chi connectivity index (χ4n) is 2.02. The molecule has 0 saturated carbocycles. The van der Waals surface area contributed by atoms with E-state index in [-0.39, 0.29) is 44.4 Å². The lowest BCUT2D eigenvalue weighted by Gasteiger charge is -2.27. The molecule has 0 fully saturated rings. The molecule has 0 bridgehead atoms. The Labute approximate surface area is 257 Å². The van der Waals surface area contributed by atoms with E-state index in [1.807, 2.05) is 0 Å². The number of alkyl halides is 6. The number of hydrogen-bond acceptors (Lipinski definition) is 4. The lowest BCUT2D eigenvalue weighted by Crippen LogP contribution is -2.34. The van der Waals surface area contributed by atoms with E-state index in [9.17, 15) is 9.59 Å². The first-order valence-corrected chi connectivity index (χ1v) is 16.8. The molecule has 1 aromatic carbocycles. The maximum Gasteiger partial charge on any atom is 0.341 e. The van der Waals surface area contributed by atoms with Crippen LogP contribution in [0.4, 0.5) is 0 Å². The molecule has 0 amide bonds. The molecule has 1 aromatic rings. The third kappa shape index (κ3) is 7.60. The standard InChI is InChI=1S/C18H16Br6Cl4O4/c19-1-17(2-20,3-21)7-31-15(29)9-11(25)13(27)10(14(28)12(9)26)16(30)32-8-18(4-22,5-23)6-24/h1-8H2. The molecule has 4 nitrogen and oxygen atoms in total. The second-order valence-electron chi connectivity index (χ2n) is 6.96. The number of benzene rings is 1. The van der Waals surface area contributed by atoms with Crippen molar-refractivity contribution in [2.24, 2.45) is 10.8 Å². The van der Waals surface area contributed by atoms with E-state index < -0.39 is 22.8 Å². The Morgan fingerprint density at radius 1 is 0.562 bits per heavy atom. The molecule has 0 unspecified atom stereocenters. The van der Waals surface area contributed by atoms with Crippen LogP contribution in [-0.4, -0.2) is 57.1 Å². The van der Waals surface area contributed by atoms with Crippen LogP contribution in [0.15, 0.2) is 0 Å². The summed E-state index contributed by atoms with van der Waals surface area (Å²) in [6, 6.07) is 0. The number of carbonyl (C=O) groups excluding carboxylic acids is 2. The molecular weight excluding hydrogens is 901 g/mol. The molecule has 0 radical (unpaired) electrons. The van der Waals surface area contributed by atoms with E-state index in [2.05, 4.69) is 95.6 Å². The van der Waals surface area contributed by atoms with E-state index in [0.29, 0.717) is 32.0 Å². The summed E-state index contributed by atoms with van der Waals surface area (Å²) in [4.78, 5) is 25.5. The summed E-state index contributed by atoms with van der Waals surface area (Å²) in [5.74, 6) is -1.62. The van der Waals surface area contributed by atoms with E-state index in [0.717, 1.165) is 0 Å². The Kier molecular flexibility index (Phi) is 14.9. The van der Waals surface area contributed by atoms with E-state index in [1.165, 1.54) is 0 Å². The first-order chi connectivity index (χ1) is 15.0. The van der Waals surface area contributed by atoms with Crippen molar-refractivity contribution in [2.75, 3.05) is 45.2 Å². The summed E-state index contributed by atoms with van der Waals surface area (Å²) in [7, 11) is 0. The van der Waals surface area contributed by atoms with E-state index in [4.69, 9.17) is 55.9 Å². The highest BCUT2D eigenvalue weighted by Gasteiger charge is 2.34. The molecule has 14 heteroatoms. The lowest BCUT2D eigenvalue weighted by molar-refractivity contribution is 0.0376. The molecule has 0 aliphatic rings. The monoisotopic (exact) mass is 909 g/mol. The molecule has 1 rings (SSSR count). The molecule has 0 saturated heterocycles. The highest BCUT2D eigenvalue weighted by atomic mass is 79.9. The van der Waals surface area contributed by atoms with Gasteiger partial charge in [0.1, 0.15) is 0 Å². The predicted molar refractivity (Wildman–Crippen MR) is 155 cm³/mol. The molecule has 0 aliphatic carbocycles. The largest absolute Gasteiger partial charge is 0.461 e. The third-order valence-electron chi connectivity index (χ3n) is 4.39. The summed E-state index contributed by atoms with van der Waals surface area (Å²) < 4.78 is 10.9. The molecule has 32 heavy (non-hydrogen) atoms. The molecule has 0 spiro atoms. The quantitative estimate of drug-likeness (QED) is 0.120. The Hall–Kier alpha value is 2.20. The predicted octanol–water partition coefficient (Wildman–Crippen LogP) is 8.96. The van der Waals surface area contributed by atoms with Gasteiger partial charge in [-0.3, -0.25) is 0 Å². The van der Waals surface area contributed by atoms with Gasteiger partial charge in [0.15, 0.2) is 0 Å². The topological polar surface area (TPSA) is 52.6 Å². The molecule has 182 valence electrons. The van der Waals surface area contributed by atoms with Gasteiger partial charge in [-0.1, -0.05) is 142 Å². The maximum atomic E-state index is 12.8. The van der Waals surface area contributed by atoms with Crippen molar-refractivity contribution in [3.8, 4) is 0 Å². The summed E-state index contributed by atoms with van der Waals surface area (Å²) in [5, 5.41) is 2.42. The molecule has 0 N–H and O–H groups in total. The van der Waals surface area contributed by atoms with Gasteiger partial charge in [-0.05, 0) is 0 Å². The van der Waals surface area contributed by atoms with Gasteiger partial charge in [0.05, 0.1) is 44.4 Å². The number of esters is 2. The SMILES string of the molecule is O=C(OCC(CBr)(CBr)CBr)c1c(Cl)c(Cl)c(C(=O)OCC(CBr)(CBr)CBr)c(Cl)c1Cl. The smallest absolute Gasteiger partial charge is 0.341 e. The highest BCUT2D eigenvalue weighted by Crippen LogP contribution is 2.42. The first kappa shape index (κ1) is 32.2. The van der Waals surface area contributed by atoms with Crippen LogP contribution in [0.5, 0.6) is 0 Å². The summed E-state index contributed by atoms with van der Waals surface area (Å²) in [6.45, 7) is 0.125. The summed E-state index contributed by atoms with van der Waals surface area (Å²) in [5.41, 5.74) is -1.22. The molecular formula is C18H16Br6Cl4O4. The average Bonchev–Trinajstić information content (AvgIpc) is 2.80. The number of hydrogen-bond donors (Lipinski definition) is 0. The second kappa shape index (κ2) is 14.8. The zero-order valence-electron chi connectivity index (χ0n) is 16.1. The van der Waals surface area contributed by atoms with Gasteiger partial charge >= 0.3 is 11.9 Å². The first-order valence-electron chi connectivity index (χ1n) is 8.58. The van der Waals surface area contributed by atoms with Crippen LogP contribution in [0.2, 0.25) is 20.1 Å². The number of halogens is 10.